The van der Waals surface area contributed by atoms with Crippen molar-refractivity contribution in [3.8, 4) is 5.75 Å². The van der Waals surface area contributed by atoms with Gasteiger partial charge >= 0.3 is 0 Å². The van der Waals surface area contributed by atoms with E-state index in [1.165, 1.54) is 23.1 Å². The summed E-state index contributed by atoms with van der Waals surface area (Å²) < 4.78 is 34.3. The maximum Gasteiger partial charge on any atom is 0.264 e. The molecule has 42 heavy (non-hydrogen) atoms. The van der Waals surface area contributed by atoms with Gasteiger partial charge in [-0.05, 0) is 73.7 Å². The van der Waals surface area contributed by atoms with E-state index in [9.17, 15) is 18.0 Å². The predicted octanol–water partition coefficient (Wildman–Crippen LogP) is 5.74. The molecule has 3 rings (SSSR count). The Hall–Kier alpha value is -3.56. The summed E-state index contributed by atoms with van der Waals surface area (Å²) in [5.41, 5.74) is 2.69. The van der Waals surface area contributed by atoms with Crippen molar-refractivity contribution in [2.45, 2.75) is 58.5 Å². The van der Waals surface area contributed by atoms with Crippen LogP contribution in [0.15, 0.2) is 71.6 Å². The Kier molecular flexibility index (Phi) is 11.4. The molecule has 0 aliphatic heterocycles. The highest BCUT2D eigenvalue weighted by atomic mass is 35.5. The standard InChI is InChI=1S/C32H40ClN3O5S/c1-7-30(32(38)34-19-22(2)3)35(20-25-11-14-27(41-6)15-12-25)31(37)21-36(26-13-10-24(5)29(33)18-26)42(39,40)28-16-8-23(4)9-17-28/h8-18,22,30H,7,19-21H2,1-6H3,(H,34,38)/t30-/m0/s1. The fourth-order valence-corrected chi connectivity index (χ4v) is 5.95. The van der Waals surface area contributed by atoms with E-state index in [2.05, 4.69) is 5.32 Å². The summed E-state index contributed by atoms with van der Waals surface area (Å²) in [6.07, 6.45) is 0.340. The van der Waals surface area contributed by atoms with E-state index in [0.717, 1.165) is 21.0 Å². The highest BCUT2D eigenvalue weighted by Gasteiger charge is 2.34. The number of anilines is 1. The Balaban J connectivity index is 2.06. The van der Waals surface area contributed by atoms with Crippen molar-refractivity contribution in [2.24, 2.45) is 5.92 Å². The molecule has 1 N–H and O–H groups in total. The average molecular weight is 614 g/mol. The fourth-order valence-electron chi connectivity index (χ4n) is 4.37. The predicted molar refractivity (Wildman–Crippen MR) is 167 cm³/mol. The molecule has 3 aromatic rings. The number of hydrogen-bond donors (Lipinski definition) is 1. The van der Waals surface area contributed by atoms with Crippen LogP contribution < -0.4 is 14.4 Å². The minimum Gasteiger partial charge on any atom is -0.497 e. The largest absolute Gasteiger partial charge is 0.497 e. The molecule has 8 nitrogen and oxygen atoms in total. The number of ether oxygens (including phenoxy) is 1. The number of nitrogens with zero attached hydrogens (tertiary/aromatic N) is 2. The van der Waals surface area contributed by atoms with Crippen molar-refractivity contribution in [3.63, 3.8) is 0 Å². The SMILES string of the molecule is CC[C@@H](C(=O)NCC(C)C)N(Cc1ccc(OC)cc1)C(=O)CN(c1ccc(C)c(Cl)c1)S(=O)(=O)c1ccc(C)cc1. The summed E-state index contributed by atoms with van der Waals surface area (Å²) in [6.45, 7) is 9.51. The second-order valence-electron chi connectivity index (χ2n) is 10.7. The van der Waals surface area contributed by atoms with Crippen LogP contribution in [0.2, 0.25) is 5.02 Å². The highest BCUT2D eigenvalue weighted by molar-refractivity contribution is 7.92. The number of benzene rings is 3. The molecule has 0 aliphatic carbocycles. The summed E-state index contributed by atoms with van der Waals surface area (Å²) in [7, 11) is -2.61. The van der Waals surface area contributed by atoms with Crippen LogP contribution in [0.4, 0.5) is 5.69 Å². The lowest BCUT2D eigenvalue weighted by molar-refractivity contribution is -0.140. The van der Waals surface area contributed by atoms with Crippen LogP contribution in [0.1, 0.15) is 43.9 Å². The van der Waals surface area contributed by atoms with Gasteiger partial charge in [0.2, 0.25) is 11.8 Å². The first-order chi connectivity index (χ1) is 19.9. The van der Waals surface area contributed by atoms with Crippen molar-refractivity contribution in [1.82, 2.24) is 10.2 Å². The molecular weight excluding hydrogens is 574 g/mol. The lowest BCUT2D eigenvalue weighted by Gasteiger charge is -2.33. The van der Waals surface area contributed by atoms with Gasteiger partial charge in [0, 0.05) is 18.1 Å². The van der Waals surface area contributed by atoms with E-state index in [-0.39, 0.29) is 29.0 Å². The molecule has 0 saturated heterocycles. The summed E-state index contributed by atoms with van der Waals surface area (Å²) in [5, 5.41) is 3.30. The van der Waals surface area contributed by atoms with E-state index in [1.807, 2.05) is 46.8 Å². The zero-order chi connectivity index (χ0) is 31.0. The van der Waals surface area contributed by atoms with E-state index < -0.39 is 28.5 Å². The summed E-state index contributed by atoms with van der Waals surface area (Å²) in [6, 6.07) is 17.7. The Morgan fingerprint density at radius 3 is 2.17 bits per heavy atom. The van der Waals surface area contributed by atoms with Gasteiger partial charge in [-0.3, -0.25) is 13.9 Å². The van der Waals surface area contributed by atoms with Crippen LogP contribution in [0.25, 0.3) is 0 Å². The first-order valence-corrected chi connectivity index (χ1v) is 15.7. The zero-order valence-corrected chi connectivity index (χ0v) is 26.6. The van der Waals surface area contributed by atoms with Crippen molar-refractivity contribution in [2.75, 3.05) is 24.5 Å². The topological polar surface area (TPSA) is 96.0 Å². The molecule has 0 bridgehead atoms. The molecule has 226 valence electrons. The van der Waals surface area contributed by atoms with Crippen LogP contribution in [0, 0.1) is 19.8 Å². The third kappa shape index (κ3) is 8.26. The molecule has 10 heteroatoms. The molecule has 0 radical (unpaired) electrons. The number of amides is 2. The minimum absolute atomic E-state index is 0.0426. The van der Waals surface area contributed by atoms with Crippen molar-refractivity contribution < 1.29 is 22.7 Å². The Morgan fingerprint density at radius 1 is 0.976 bits per heavy atom. The summed E-state index contributed by atoms with van der Waals surface area (Å²) >= 11 is 6.40. The van der Waals surface area contributed by atoms with Gasteiger partial charge in [0.05, 0.1) is 17.7 Å². The average Bonchev–Trinajstić information content (AvgIpc) is 2.96. The van der Waals surface area contributed by atoms with E-state index >= 15 is 0 Å². The number of hydrogen-bond acceptors (Lipinski definition) is 5. The molecule has 3 aromatic carbocycles. The lowest BCUT2D eigenvalue weighted by Crippen LogP contribution is -2.52. The number of nitrogens with one attached hydrogen (secondary N) is 1. The third-order valence-electron chi connectivity index (χ3n) is 6.91. The van der Waals surface area contributed by atoms with Gasteiger partial charge in [0.25, 0.3) is 10.0 Å². The van der Waals surface area contributed by atoms with Gasteiger partial charge in [0.15, 0.2) is 0 Å². The van der Waals surface area contributed by atoms with Gasteiger partial charge in [-0.1, -0.05) is 68.3 Å². The molecule has 0 aromatic heterocycles. The highest BCUT2D eigenvalue weighted by Crippen LogP contribution is 2.29. The van der Waals surface area contributed by atoms with Crippen LogP contribution in [0.3, 0.4) is 0 Å². The second-order valence-corrected chi connectivity index (χ2v) is 13.0. The summed E-state index contributed by atoms with van der Waals surface area (Å²) in [4.78, 5) is 29.0. The maximum absolute atomic E-state index is 14.2. The first-order valence-electron chi connectivity index (χ1n) is 13.9. The molecule has 0 unspecified atom stereocenters. The normalized spacial score (nSPS) is 12.1. The third-order valence-corrected chi connectivity index (χ3v) is 9.11. The number of aryl methyl sites for hydroxylation is 2. The first kappa shape index (κ1) is 32.9. The van der Waals surface area contributed by atoms with Crippen LogP contribution in [-0.2, 0) is 26.2 Å². The number of carbonyl (C=O) groups is 2. The molecular formula is C32H40ClN3O5S. The number of carbonyl (C=O) groups excluding carboxylic acids is 2. The van der Waals surface area contributed by atoms with Crippen molar-refractivity contribution >= 4 is 39.1 Å². The monoisotopic (exact) mass is 613 g/mol. The molecule has 0 fully saturated rings. The van der Waals surface area contributed by atoms with Gasteiger partial charge < -0.3 is 15.0 Å². The molecule has 0 heterocycles. The molecule has 0 aliphatic rings. The van der Waals surface area contributed by atoms with Gasteiger partial charge in [-0.15, -0.1) is 0 Å². The molecule has 0 spiro atoms. The maximum atomic E-state index is 14.2. The van der Waals surface area contributed by atoms with E-state index in [0.29, 0.717) is 23.7 Å². The smallest absolute Gasteiger partial charge is 0.264 e. The number of rotatable bonds is 13. The lowest BCUT2D eigenvalue weighted by atomic mass is 10.1. The van der Waals surface area contributed by atoms with Crippen LogP contribution in [-0.4, -0.2) is 51.4 Å². The van der Waals surface area contributed by atoms with Crippen molar-refractivity contribution in [1.29, 1.82) is 0 Å². The van der Waals surface area contributed by atoms with E-state index in [4.69, 9.17) is 16.3 Å². The Bertz CT molecular complexity index is 1470. The Labute approximate surface area is 254 Å². The molecule has 0 saturated carbocycles. The number of halogens is 1. The van der Waals surface area contributed by atoms with Gasteiger partial charge in [0.1, 0.15) is 18.3 Å². The molecule has 1 atom stereocenters. The fraction of sp³-hybridized carbons (Fsp3) is 0.375. The quantitative estimate of drug-likeness (QED) is 0.265. The minimum atomic E-state index is -4.17. The molecule has 2 amide bonds. The number of methoxy groups -OCH3 is 1. The van der Waals surface area contributed by atoms with Gasteiger partial charge in [-0.2, -0.15) is 0 Å². The van der Waals surface area contributed by atoms with E-state index in [1.54, 1.807) is 43.5 Å². The Morgan fingerprint density at radius 2 is 1.62 bits per heavy atom. The van der Waals surface area contributed by atoms with Crippen molar-refractivity contribution in [3.05, 3.63) is 88.4 Å². The van der Waals surface area contributed by atoms with Crippen LogP contribution in [0.5, 0.6) is 5.75 Å². The zero-order valence-electron chi connectivity index (χ0n) is 25.1. The number of sulfonamides is 1. The van der Waals surface area contributed by atoms with Gasteiger partial charge in [-0.25, -0.2) is 8.42 Å². The summed E-state index contributed by atoms with van der Waals surface area (Å²) in [5.74, 6) is 0.0627. The second kappa shape index (κ2) is 14.6. The van der Waals surface area contributed by atoms with Crippen LogP contribution >= 0.6 is 11.6 Å².